The Morgan fingerprint density at radius 2 is 2.06 bits per heavy atom. The molecule has 0 unspecified atom stereocenters. The highest BCUT2D eigenvalue weighted by atomic mass is 32.1. The molecule has 0 bridgehead atoms. The summed E-state index contributed by atoms with van der Waals surface area (Å²) < 4.78 is 13.4. The molecule has 0 radical (unpaired) electrons. The Morgan fingerprint density at radius 3 is 2.56 bits per heavy atom. The number of benzene rings is 1. The Kier molecular flexibility index (Phi) is 4.78. The smallest absolute Gasteiger partial charge is 0.124 e. The maximum Gasteiger partial charge on any atom is 0.124 e. The van der Waals surface area contributed by atoms with Gasteiger partial charge in [-0.05, 0) is 44.7 Å². The van der Waals surface area contributed by atoms with Gasteiger partial charge in [-0.15, -0.1) is 0 Å². The lowest BCUT2D eigenvalue weighted by Crippen LogP contribution is -2.43. The van der Waals surface area contributed by atoms with Gasteiger partial charge in [-0.3, -0.25) is 4.90 Å². The zero-order valence-corrected chi connectivity index (χ0v) is 11.7. The SMILES string of the molecule is CN(Cc1cc(F)cc(C(N)=S)c1)C(C)(C)CO. The van der Waals surface area contributed by atoms with E-state index in [4.69, 9.17) is 18.0 Å². The molecule has 0 amide bonds. The molecule has 0 fully saturated rings. The predicted molar refractivity (Wildman–Crippen MR) is 74.9 cm³/mol. The number of hydrogen-bond donors (Lipinski definition) is 2. The number of nitrogens with zero attached hydrogens (tertiary/aromatic N) is 1. The number of halogens is 1. The van der Waals surface area contributed by atoms with E-state index in [2.05, 4.69) is 0 Å². The first-order valence-corrected chi connectivity index (χ1v) is 6.08. The lowest BCUT2D eigenvalue weighted by Gasteiger charge is -2.34. The first-order chi connectivity index (χ1) is 8.26. The van der Waals surface area contributed by atoms with Crippen LogP contribution in [0, 0.1) is 5.82 Å². The van der Waals surface area contributed by atoms with Crippen molar-refractivity contribution in [2.24, 2.45) is 5.73 Å². The molecular weight excluding hydrogens is 251 g/mol. The summed E-state index contributed by atoms with van der Waals surface area (Å²) in [6.07, 6.45) is 0. The maximum atomic E-state index is 13.4. The van der Waals surface area contributed by atoms with Crippen LogP contribution in [0.1, 0.15) is 25.0 Å². The summed E-state index contributed by atoms with van der Waals surface area (Å²) >= 11 is 4.85. The van der Waals surface area contributed by atoms with Crippen molar-refractivity contribution >= 4 is 17.2 Å². The van der Waals surface area contributed by atoms with Gasteiger partial charge in [0.1, 0.15) is 10.8 Å². The van der Waals surface area contributed by atoms with Crippen molar-refractivity contribution in [2.75, 3.05) is 13.7 Å². The van der Waals surface area contributed by atoms with E-state index in [1.807, 2.05) is 25.8 Å². The minimum Gasteiger partial charge on any atom is -0.394 e. The summed E-state index contributed by atoms with van der Waals surface area (Å²) in [5.41, 5.74) is 6.44. The number of aliphatic hydroxyl groups is 1. The lowest BCUT2D eigenvalue weighted by molar-refractivity contribution is 0.0733. The number of hydrogen-bond acceptors (Lipinski definition) is 3. The quantitative estimate of drug-likeness (QED) is 0.799. The molecule has 0 atom stereocenters. The van der Waals surface area contributed by atoms with Gasteiger partial charge in [0.05, 0.1) is 6.61 Å². The van der Waals surface area contributed by atoms with E-state index < -0.39 is 0 Å². The monoisotopic (exact) mass is 270 g/mol. The van der Waals surface area contributed by atoms with Crippen LogP contribution in [0.25, 0.3) is 0 Å². The zero-order valence-electron chi connectivity index (χ0n) is 10.9. The van der Waals surface area contributed by atoms with Gasteiger partial charge in [0, 0.05) is 17.6 Å². The average Bonchev–Trinajstić information content (AvgIpc) is 2.28. The zero-order chi connectivity index (χ0) is 13.9. The average molecular weight is 270 g/mol. The van der Waals surface area contributed by atoms with E-state index in [0.717, 1.165) is 5.56 Å². The summed E-state index contributed by atoms with van der Waals surface area (Å²) in [4.78, 5) is 2.13. The Balaban J connectivity index is 2.94. The summed E-state index contributed by atoms with van der Waals surface area (Å²) in [5.74, 6) is -0.356. The van der Waals surface area contributed by atoms with E-state index in [1.54, 1.807) is 6.07 Å². The molecule has 0 aromatic heterocycles. The second kappa shape index (κ2) is 5.73. The van der Waals surface area contributed by atoms with Crippen molar-refractivity contribution < 1.29 is 9.50 Å². The third kappa shape index (κ3) is 3.73. The Bertz CT molecular complexity index is 449. The van der Waals surface area contributed by atoms with Gasteiger partial charge in [-0.2, -0.15) is 0 Å². The fraction of sp³-hybridized carbons (Fsp3) is 0.462. The minimum atomic E-state index is -0.365. The molecule has 1 rings (SSSR count). The van der Waals surface area contributed by atoms with Crippen LogP contribution in [0.4, 0.5) is 4.39 Å². The van der Waals surface area contributed by atoms with Crippen LogP contribution in [0.2, 0.25) is 0 Å². The maximum absolute atomic E-state index is 13.4. The van der Waals surface area contributed by atoms with Crippen LogP contribution >= 0.6 is 12.2 Å². The molecule has 0 spiro atoms. The van der Waals surface area contributed by atoms with Crippen LogP contribution in [-0.2, 0) is 6.54 Å². The van der Waals surface area contributed by atoms with E-state index in [-0.39, 0.29) is 23.0 Å². The lowest BCUT2D eigenvalue weighted by atomic mass is 10.0. The minimum absolute atomic E-state index is 0.0287. The topological polar surface area (TPSA) is 49.5 Å². The molecule has 100 valence electrons. The van der Waals surface area contributed by atoms with Gasteiger partial charge in [0.15, 0.2) is 0 Å². The number of thiocarbonyl (C=S) groups is 1. The number of likely N-dealkylation sites (N-methyl/N-ethyl adjacent to an activating group) is 1. The molecule has 18 heavy (non-hydrogen) atoms. The Labute approximate surface area is 112 Å². The van der Waals surface area contributed by atoms with Gasteiger partial charge in [-0.25, -0.2) is 4.39 Å². The fourth-order valence-electron chi connectivity index (χ4n) is 1.49. The van der Waals surface area contributed by atoms with Crippen molar-refractivity contribution in [3.63, 3.8) is 0 Å². The summed E-state index contributed by atoms with van der Waals surface area (Å²) in [5, 5.41) is 9.28. The van der Waals surface area contributed by atoms with Crippen LogP contribution in [0.3, 0.4) is 0 Å². The molecule has 5 heteroatoms. The van der Waals surface area contributed by atoms with Gasteiger partial charge in [0.25, 0.3) is 0 Å². The van der Waals surface area contributed by atoms with Crippen LogP contribution in [-0.4, -0.2) is 34.2 Å². The molecule has 1 aromatic rings. The van der Waals surface area contributed by atoms with Gasteiger partial charge >= 0.3 is 0 Å². The second-order valence-corrected chi connectivity index (χ2v) is 5.48. The highest BCUT2D eigenvalue weighted by molar-refractivity contribution is 7.80. The predicted octanol–water partition coefficient (Wildman–Crippen LogP) is 1.66. The van der Waals surface area contributed by atoms with Crippen molar-refractivity contribution in [1.82, 2.24) is 4.90 Å². The molecule has 0 heterocycles. The van der Waals surface area contributed by atoms with E-state index >= 15 is 0 Å². The van der Waals surface area contributed by atoms with Crippen LogP contribution < -0.4 is 5.73 Å². The molecule has 0 saturated carbocycles. The second-order valence-electron chi connectivity index (χ2n) is 5.04. The van der Waals surface area contributed by atoms with Crippen molar-refractivity contribution in [3.8, 4) is 0 Å². The Hall–Kier alpha value is -1.04. The molecule has 3 nitrogen and oxygen atoms in total. The summed E-state index contributed by atoms with van der Waals surface area (Å²) in [6, 6.07) is 4.55. The van der Waals surface area contributed by atoms with Gasteiger partial charge in [-0.1, -0.05) is 12.2 Å². The van der Waals surface area contributed by atoms with Gasteiger partial charge < -0.3 is 10.8 Å². The van der Waals surface area contributed by atoms with E-state index in [0.29, 0.717) is 12.1 Å². The normalized spacial score (nSPS) is 11.9. The summed E-state index contributed by atoms with van der Waals surface area (Å²) in [7, 11) is 1.88. The standard InChI is InChI=1S/C13H19FN2OS/c1-13(2,8-17)16(3)7-9-4-10(12(15)18)6-11(14)5-9/h4-6,17H,7-8H2,1-3H3,(H2,15,18). The number of nitrogens with two attached hydrogens (primary N) is 1. The molecule has 3 N–H and O–H groups in total. The molecular formula is C13H19FN2OS. The number of aliphatic hydroxyl groups excluding tert-OH is 1. The van der Waals surface area contributed by atoms with Crippen molar-refractivity contribution in [1.29, 1.82) is 0 Å². The molecule has 0 aliphatic rings. The molecule has 0 aliphatic heterocycles. The molecule has 1 aromatic carbocycles. The highest BCUT2D eigenvalue weighted by Gasteiger charge is 2.22. The first-order valence-electron chi connectivity index (χ1n) is 5.67. The van der Waals surface area contributed by atoms with Crippen LogP contribution in [0.5, 0.6) is 0 Å². The number of rotatable bonds is 5. The van der Waals surface area contributed by atoms with Gasteiger partial charge in [0.2, 0.25) is 0 Å². The molecule has 0 aliphatic carbocycles. The highest BCUT2D eigenvalue weighted by Crippen LogP contribution is 2.17. The van der Waals surface area contributed by atoms with E-state index in [9.17, 15) is 9.50 Å². The molecule has 0 saturated heterocycles. The third-order valence-electron chi connectivity index (χ3n) is 3.08. The summed E-state index contributed by atoms with van der Waals surface area (Å²) in [6.45, 7) is 4.38. The van der Waals surface area contributed by atoms with Crippen molar-refractivity contribution in [3.05, 3.63) is 35.1 Å². The van der Waals surface area contributed by atoms with Crippen LogP contribution in [0.15, 0.2) is 18.2 Å². The van der Waals surface area contributed by atoms with E-state index in [1.165, 1.54) is 12.1 Å². The first kappa shape index (κ1) is 15.0. The van der Waals surface area contributed by atoms with Crippen molar-refractivity contribution in [2.45, 2.75) is 25.9 Å². The fourth-order valence-corrected chi connectivity index (χ4v) is 1.61. The Morgan fingerprint density at radius 1 is 1.44 bits per heavy atom. The third-order valence-corrected chi connectivity index (χ3v) is 3.32. The largest absolute Gasteiger partial charge is 0.394 e.